The number of nitrogens with one attached hydrogen (secondary N) is 1. The molecule has 0 bridgehead atoms. The molecule has 0 aliphatic carbocycles. The van der Waals surface area contributed by atoms with Gasteiger partial charge in [0, 0.05) is 28.2 Å². The first-order valence-electron chi connectivity index (χ1n) is 10.9. The van der Waals surface area contributed by atoms with Gasteiger partial charge in [0.15, 0.2) is 0 Å². The van der Waals surface area contributed by atoms with Gasteiger partial charge < -0.3 is 10.4 Å². The molecular weight excluding hydrogens is 461 g/mol. The summed E-state index contributed by atoms with van der Waals surface area (Å²) in [5.74, 6) is 0.282. The monoisotopic (exact) mass is 489 g/mol. The number of aryl methyl sites for hydroxylation is 2. The van der Waals surface area contributed by atoms with Crippen LogP contribution in [0, 0.1) is 0 Å². The van der Waals surface area contributed by atoms with E-state index in [1.807, 2.05) is 24.3 Å². The molecule has 0 aromatic heterocycles. The Hall–Kier alpha value is -1.71. The standard InChI is InChI=1S/C27H30Cl3NO/c1-27(2,3)31-17-21-14-19(7-5-4-6-18-8-11-22(28)12-9-18)15-23(26(21)32)20-10-13-24(29)25(30)16-20/h8-16,31-32H,4-7,17H2,1-3H3. The van der Waals surface area contributed by atoms with Crippen LogP contribution in [0.15, 0.2) is 54.6 Å². The van der Waals surface area contributed by atoms with Crippen LogP contribution in [-0.4, -0.2) is 10.6 Å². The zero-order valence-corrected chi connectivity index (χ0v) is 21.1. The fraction of sp³-hybridized carbons (Fsp3) is 0.333. The Morgan fingerprint density at radius 2 is 1.44 bits per heavy atom. The van der Waals surface area contributed by atoms with Crippen molar-refractivity contribution in [2.24, 2.45) is 0 Å². The van der Waals surface area contributed by atoms with Crippen molar-refractivity contribution < 1.29 is 5.11 Å². The number of phenols is 1. The van der Waals surface area contributed by atoms with E-state index in [4.69, 9.17) is 34.8 Å². The summed E-state index contributed by atoms with van der Waals surface area (Å²) in [6.07, 6.45) is 4.10. The maximum Gasteiger partial charge on any atom is 0.127 e. The molecule has 0 heterocycles. The van der Waals surface area contributed by atoms with Gasteiger partial charge in [-0.05, 0) is 93.5 Å². The first kappa shape index (κ1) is 24.9. The molecular formula is C27H30Cl3NO. The molecule has 2 N–H and O–H groups in total. The van der Waals surface area contributed by atoms with Crippen LogP contribution < -0.4 is 5.32 Å². The largest absolute Gasteiger partial charge is 0.507 e. The summed E-state index contributed by atoms with van der Waals surface area (Å²) in [7, 11) is 0. The van der Waals surface area contributed by atoms with Gasteiger partial charge in [-0.15, -0.1) is 0 Å². The molecule has 0 aliphatic rings. The van der Waals surface area contributed by atoms with Gasteiger partial charge in [0.2, 0.25) is 0 Å². The Labute approximate surface area is 206 Å². The minimum absolute atomic E-state index is 0.0508. The summed E-state index contributed by atoms with van der Waals surface area (Å²) in [5.41, 5.74) is 4.97. The number of rotatable bonds is 8. The van der Waals surface area contributed by atoms with E-state index in [9.17, 15) is 5.11 Å². The third kappa shape index (κ3) is 7.15. The number of aromatic hydroxyl groups is 1. The molecule has 3 aromatic carbocycles. The maximum absolute atomic E-state index is 11.0. The fourth-order valence-electron chi connectivity index (χ4n) is 3.59. The molecule has 0 amide bonds. The van der Waals surface area contributed by atoms with Crippen molar-refractivity contribution in [1.29, 1.82) is 0 Å². The van der Waals surface area contributed by atoms with Crippen LogP contribution in [0.25, 0.3) is 11.1 Å². The van der Waals surface area contributed by atoms with Gasteiger partial charge in [0.1, 0.15) is 5.75 Å². The second-order valence-electron chi connectivity index (χ2n) is 9.22. The number of benzene rings is 3. The maximum atomic E-state index is 11.0. The summed E-state index contributed by atoms with van der Waals surface area (Å²) in [6, 6.07) is 17.7. The summed E-state index contributed by atoms with van der Waals surface area (Å²) < 4.78 is 0. The van der Waals surface area contributed by atoms with Crippen LogP contribution >= 0.6 is 34.8 Å². The van der Waals surface area contributed by atoms with Gasteiger partial charge in [0.25, 0.3) is 0 Å². The van der Waals surface area contributed by atoms with Crippen molar-refractivity contribution in [2.45, 2.75) is 58.5 Å². The Bertz CT molecular complexity index is 1060. The van der Waals surface area contributed by atoms with Crippen LogP contribution in [0.2, 0.25) is 15.1 Å². The van der Waals surface area contributed by atoms with Gasteiger partial charge in [-0.3, -0.25) is 0 Å². The third-order valence-electron chi connectivity index (χ3n) is 5.38. The number of halogens is 3. The highest BCUT2D eigenvalue weighted by Crippen LogP contribution is 2.37. The average molecular weight is 491 g/mol. The quantitative estimate of drug-likeness (QED) is 0.310. The van der Waals surface area contributed by atoms with Crippen molar-refractivity contribution in [3.05, 3.63) is 86.4 Å². The predicted octanol–water partition coefficient (Wildman–Crippen LogP) is 8.47. The topological polar surface area (TPSA) is 32.3 Å². The molecule has 32 heavy (non-hydrogen) atoms. The lowest BCUT2D eigenvalue weighted by atomic mass is 9.95. The molecule has 0 unspecified atom stereocenters. The molecule has 0 atom stereocenters. The second kappa shape index (κ2) is 10.9. The highest BCUT2D eigenvalue weighted by Gasteiger charge is 2.16. The molecule has 5 heteroatoms. The molecule has 3 rings (SSSR count). The zero-order chi connectivity index (χ0) is 23.3. The van der Waals surface area contributed by atoms with E-state index in [0.717, 1.165) is 47.4 Å². The van der Waals surface area contributed by atoms with E-state index in [0.29, 0.717) is 16.6 Å². The van der Waals surface area contributed by atoms with E-state index in [1.165, 1.54) is 11.1 Å². The number of phenolic OH excluding ortho intramolecular Hbond substituents is 1. The summed E-state index contributed by atoms with van der Waals surface area (Å²) in [6.45, 7) is 6.93. The molecule has 0 radical (unpaired) electrons. The Balaban J connectivity index is 1.80. The van der Waals surface area contributed by atoms with E-state index in [-0.39, 0.29) is 11.3 Å². The minimum atomic E-state index is -0.0508. The Morgan fingerprint density at radius 3 is 2.06 bits per heavy atom. The molecule has 3 aromatic rings. The van der Waals surface area contributed by atoms with E-state index in [2.05, 4.69) is 50.4 Å². The number of unbranched alkanes of at least 4 members (excludes halogenated alkanes) is 1. The highest BCUT2D eigenvalue weighted by molar-refractivity contribution is 6.42. The summed E-state index contributed by atoms with van der Waals surface area (Å²) >= 11 is 18.3. The van der Waals surface area contributed by atoms with E-state index in [1.54, 1.807) is 6.07 Å². The van der Waals surface area contributed by atoms with Crippen LogP contribution in [0.4, 0.5) is 0 Å². The van der Waals surface area contributed by atoms with Crippen LogP contribution in [-0.2, 0) is 19.4 Å². The van der Waals surface area contributed by atoms with Crippen LogP contribution in [0.5, 0.6) is 5.75 Å². The van der Waals surface area contributed by atoms with Crippen molar-refractivity contribution in [1.82, 2.24) is 5.32 Å². The molecule has 2 nitrogen and oxygen atoms in total. The number of hydrogen-bond acceptors (Lipinski definition) is 2. The molecule has 0 saturated heterocycles. The van der Waals surface area contributed by atoms with E-state index >= 15 is 0 Å². The SMILES string of the molecule is CC(C)(C)NCc1cc(CCCCc2ccc(Cl)cc2)cc(-c2ccc(Cl)c(Cl)c2)c1O. The Kier molecular flexibility index (Phi) is 8.52. The Morgan fingerprint density at radius 1 is 0.781 bits per heavy atom. The first-order chi connectivity index (χ1) is 15.1. The average Bonchev–Trinajstić information content (AvgIpc) is 2.74. The summed E-state index contributed by atoms with van der Waals surface area (Å²) in [5, 5.41) is 16.3. The molecule has 0 spiro atoms. The molecule has 0 saturated carbocycles. The van der Waals surface area contributed by atoms with Gasteiger partial charge in [0.05, 0.1) is 10.0 Å². The molecule has 0 aliphatic heterocycles. The third-order valence-corrected chi connectivity index (χ3v) is 6.37. The van der Waals surface area contributed by atoms with Gasteiger partial charge in [-0.25, -0.2) is 0 Å². The van der Waals surface area contributed by atoms with Gasteiger partial charge >= 0.3 is 0 Å². The van der Waals surface area contributed by atoms with Gasteiger partial charge in [-0.1, -0.05) is 59.1 Å². The van der Waals surface area contributed by atoms with Crippen LogP contribution in [0.1, 0.15) is 50.3 Å². The molecule has 170 valence electrons. The van der Waals surface area contributed by atoms with Crippen molar-refractivity contribution in [2.75, 3.05) is 0 Å². The lowest BCUT2D eigenvalue weighted by molar-refractivity contribution is 0.412. The fourth-order valence-corrected chi connectivity index (χ4v) is 4.02. The lowest BCUT2D eigenvalue weighted by Gasteiger charge is -2.22. The minimum Gasteiger partial charge on any atom is -0.507 e. The smallest absolute Gasteiger partial charge is 0.127 e. The predicted molar refractivity (Wildman–Crippen MR) is 138 cm³/mol. The second-order valence-corrected chi connectivity index (χ2v) is 10.5. The number of hydrogen-bond donors (Lipinski definition) is 2. The first-order valence-corrected chi connectivity index (χ1v) is 12.1. The van der Waals surface area contributed by atoms with Crippen LogP contribution in [0.3, 0.4) is 0 Å². The van der Waals surface area contributed by atoms with Crippen molar-refractivity contribution >= 4 is 34.8 Å². The van der Waals surface area contributed by atoms with Crippen molar-refractivity contribution in [3.8, 4) is 16.9 Å². The van der Waals surface area contributed by atoms with Gasteiger partial charge in [-0.2, -0.15) is 0 Å². The highest BCUT2D eigenvalue weighted by atomic mass is 35.5. The zero-order valence-electron chi connectivity index (χ0n) is 18.8. The normalized spacial score (nSPS) is 11.7. The summed E-state index contributed by atoms with van der Waals surface area (Å²) in [4.78, 5) is 0. The molecule has 0 fully saturated rings. The van der Waals surface area contributed by atoms with E-state index < -0.39 is 0 Å². The lowest BCUT2D eigenvalue weighted by Crippen LogP contribution is -2.35. The van der Waals surface area contributed by atoms with Crippen molar-refractivity contribution in [3.63, 3.8) is 0 Å².